The molecule has 1 amide bonds. The van der Waals surface area contributed by atoms with Crippen LogP contribution in [0.15, 0.2) is 93.8 Å². The molecule has 5 rings (SSSR count). The first-order valence-corrected chi connectivity index (χ1v) is 12.7. The van der Waals surface area contributed by atoms with Crippen LogP contribution in [0.3, 0.4) is 0 Å². The lowest BCUT2D eigenvalue weighted by atomic mass is 9.91. The maximum atomic E-state index is 13.0. The average Bonchev–Trinajstić information content (AvgIpc) is 3.36. The fourth-order valence-corrected chi connectivity index (χ4v) is 5.65. The molecular formula is C25H24N4O5S. The fraction of sp³-hybridized carbons (Fsp3) is 0.240. The normalized spacial score (nSPS) is 15.9. The van der Waals surface area contributed by atoms with Gasteiger partial charge in [-0.25, -0.2) is 12.9 Å². The lowest BCUT2D eigenvalue weighted by Gasteiger charge is -2.38. The van der Waals surface area contributed by atoms with Crippen LogP contribution in [0.5, 0.6) is 0 Å². The summed E-state index contributed by atoms with van der Waals surface area (Å²) in [5.41, 5.74) is -0.564. The van der Waals surface area contributed by atoms with E-state index < -0.39 is 15.4 Å². The number of aliphatic hydroxyl groups is 1. The molecule has 1 fully saturated rings. The zero-order valence-corrected chi connectivity index (χ0v) is 19.6. The van der Waals surface area contributed by atoms with Crippen molar-refractivity contribution in [2.45, 2.75) is 34.8 Å². The van der Waals surface area contributed by atoms with Gasteiger partial charge in [-0.15, -0.1) is 0 Å². The van der Waals surface area contributed by atoms with Gasteiger partial charge in [0.25, 0.3) is 11.5 Å². The van der Waals surface area contributed by atoms with E-state index in [1.807, 2.05) is 0 Å². The van der Waals surface area contributed by atoms with Crippen LogP contribution in [0.25, 0.3) is 5.52 Å². The third-order valence-corrected chi connectivity index (χ3v) is 8.22. The number of nitrogens with zero attached hydrogens (tertiary/aromatic N) is 4. The van der Waals surface area contributed by atoms with Crippen molar-refractivity contribution in [1.29, 1.82) is 0 Å². The fourth-order valence-electron chi connectivity index (χ4n) is 4.37. The molecule has 0 saturated carbocycles. The predicted molar refractivity (Wildman–Crippen MR) is 128 cm³/mol. The molecule has 0 aliphatic carbocycles. The van der Waals surface area contributed by atoms with Gasteiger partial charge in [-0.1, -0.05) is 18.2 Å². The van der Waals surface area contributed by atoms with Crippen molar-refractivity contribution < 1.29 is 18.3 Å². The number of hydrogen-bond acceptors (Lipinski definition) is 6. The summed E-state index contributed by atoms with van der Waals surface area (Å²) in [5, 5.41) is 15.3. The Hall–Kier alpha value is -3.76. The summed E-state index contributed by atoms with van der Waals surface area (Å²) in [4.78, 5) is 27.6. The van der Waals surface area contributed by atoms with Crippen LogP contribution in [0.1, 0.15) is 23.2 Å². The molecule has 2 aromatic carbocycles. The first-order valence-electron chi connectivity index (χ1n) is 11.2. The Morgan fingerprint density at radius 3 is 2.29 bits per heavy atom. The van der Waals surface area contributed by atoms with E-state index in [-0.39, 0.29) is 27.8 Å². The van der Waals surface area contributed by atoms with Gasteiger partial charge in [0, 0.05) is 24.8 Å². The third-order valence-electron chi connectivity index (χ3n) is 6.43. The van der Waals surface area contributed by atoms with Gasteiger partial charge < -0.3 is 10.0 Å². The number of piperidine rings is 1. The number of fused-ring (bicyclic) bond motifs is 1. The number of carbonyl (C=O) groups excluding carboxylic acids is 1. The minimum absolute atomic E-state index is 0.0919. The molecule has 10 heteroatoms. The summed E-state index contributed by atoms with van der Waals surface area (Å²) < 4.78 is 28.4. The van der Waals surface area contributed by atoms with E-state index in [2.05, 4.69) is 5.10 Å². The molecule has 0 atom stereocenters. The second-order valence-corrected chi connectivity index (χ2v) is 10.7. The quantitative estimate of drug-likeness (QED) is 0.456. The SMILES string of the molecule is O=C(c1ccc(S(=O)(=O)c2ccccc2)cc1)N1CCC(O)(Cn2cnn3cccc3c2=O)CC1. The molecule has 0 unspecified atom stereocenters. The van der Waals surface area contributed by atoms with Gasteiger partial charge in [-0.2, -0.15) is 5.10 Å². The maximum Gasteiger partial charge on any atom is 0.277 e. The number of aromatic nitrogens is 3. The minimum atomic E-state index is -3.66. The number of sulfone groups is 1. The smallest absolute Gasteiger partial charge is 0.277 e. The molecule has 0 spiro atoms. The van der Waals surface area contributed by atoms with Gasteiger partial charge in [-0.05, 0) is 61.4 Å². The van der Waals surface area contributed by atoms with E-state index in [9.17, 15) is 23.1 Å². The lowest BCUT2D eigenvalue weighted by Crippen LogP contribution is -2.49. The number of hydrogen-bond donors (Lipinski definition) is 1. The molecule has 4 aromatic rings. The first kappa shape index (κ1) is 23.0. The molecule has 0 radical (unpaired) electrons. The molecule has 1 saturated heterocycles. The number of amides is 1. The van der Waals surface area contributed by atoms with Crippen molar-refractivity contribution in [3.05, 3.63) is 95.2 Å². The summed E-state index contributed by atoms with van der Waals surface area (Å²) in [6.07, 6.45) is 3.70. The Morgan fingerprint density at radius 1 is 0.943 bits per heavy atom. The number of likely N-dealkylation sites (tertiary alicyclic amines) is 1. The highest BCUT2D eigenvalue weighted by atomic mass is 32.2. The van der Waals surface area contributed by atoms with E-state index in [0.717, 1.165) is 0 Å². The molecular weight excluding hydrogens is 468 g/mol. The standard InChI is InChI=1S/C25H24N4O5S/c30-23(19-8-10-21(11-9-19)35(33,34)20-5-2-1-3-6-20)27-15-12-25(32,13-16-27)17-28-18-26-29-14-4-7-22(29)24(28)31/h1-11,14,18,32H,12-13,15-17H2. The van der Waals surface area contributed by atoms with E-state index in [0.29, 0.717) is 37.0 Å². The molecule has 1 aliphatic rings. The van der Waals surface area contributed by atoms with Crippen LogP contribution in [-0.4, -0.2) is 57.2 Å². The van der Waals surface area contributed by atoms with Crippen LogP contribution in [-0.2, 0) is 16.4 Å². The third kappa shape index (κ3) is 4.38. The Kier molecular flexibility index (Phi) is 5.78. The molecule has 0 bridgehead atoms. The van der Waals surface area contributed by atoms with E-state index >= 15 is 0 Å². The highest BCUT2D eigenvalue weighted by molar-refractivity contribution is 7.91. The molecule has 1 N–H and O–H groups in total. The Labute approximate surface area is 201 Å². The second kappa shape index (κ2) is 8.79. The molecule has 1 aliphatic heterocycles. The van der Waals surface area contributed by atoms with Gasteiger partial charge in [0.1, 0.15) is 11.8 Å². The zero-order valence-electron chi connectivity index (χ0n) is 18.8. The molecule has 2 aromatic heterocycles. The summed E-state index contributed by atoms with van der Waals surface area (Å²) in [6.45, 7) is 0.721. The van der Waals surface area contributed by atoms with E-state index in [4.69, 9.17) is 0 Å². The minimum Gasteiger partial charge on any atom is -0.388 e. The zero-order chi connectivity index (χ0) is 24.6. The molecule has 180 valence electrons. The second-order valence-electron chi connectivity index (χ2n) is 8.76. The van der Waals surface area contributed by atoms with Gasteiger partial charge in [-0.3, -0.25) is 14.2 Å². The Bertz CT molecular complexity index is 1530. The van der Waals surface area contributed by atoms with Crippen molar-refractivity contribution in [3.63, 3.8) is 0 Å². The van der Waals surface area contributed by atoms with Gasteiger partial charge >= 0.3 is 0 Å². The van der Waals surface area contributed by atoms with E-state index in [1.165, 1.54) is 51.8 Å². The van der Waals surface area contributed by atoms with Crippen molar-refractivity contribution in [2.24, 2.45) is 0 Å². The van der Waals surface area contributed by atoms with Gasteiger partial charge in [0.05, 0.1) is 21.9 Å². The predicted octanol–water partition coefficient (Wildman–Crippen LogP) is 2.00. The first-order chi connectivity index (χ1) is 16.8. The molecule has 3 heterocycles. The van der Waals surface area contributed by atoms with Crippen LogP contribution >= 0.6 is 0 Å². The average molecular weight is 493 g/mol. The lowest BCUT2D eigenvalue weighted by molar-refractivity contribution is -0.0300. The van der Waals surface area contributed by atoms with Crippen LogP contribution in [0, 0.1) is 0 Å². The largest absolute Gasteiger partial charge is 0.388 e. The van der Waals surface area contributed by atoms with Crippen molar-refractivity contribution in [1.82, 2.24) is 19.1 Å². The molecule has 9 nitrogen and oxygen atoms in total. The Morgan fingerprint density at radius 2 is 1.60 bits per heavy atom. The number of carbonyl (C=O) groups is 1. The monoisotopic (exact) mass is 492 g/mol. The summed E-state index contributed by atoms with van der Waals surface area (Å²) in [5.74, 6) is -0.232. The van der Waals surface area contributed by atoms with Crippen molar-refractivity contribution >= 4 is 21.3 Å². The number of rotatable bonds is 5. The highest BCUT2D eigenvalue weighted by Gasteiger charge is 2.35. The topological polar surface area (TPSA) is 114 Å². The van der Waals surface area contributed by atoms with Gasteiger partial charge in [0.15, 0.2) is 0 Å². The van der Waals surface area contributed by atoms with Crippen LogP contribution in [0.2, 0.25) is 0 Å². The summed E-state index contributed by atoms with van der Waals surface area (Å²) in [6, 6.07) is 17.4. The highest BCUT2D eigenvalue weighted by Crippen LogP contribution is 2.26. The maximum absolute atomic E-state index is 13.0. The van der Waals surface area contributed by atoms with Crippen LogP contribution < -0.4 is 5.56 Å². The summed E-state index contributed by atoms with van der Waals surface area (Å²) >= 11 is 0. The number of benzene rings is 2. The van der Waals surface area contributed by atoms with Crippen molar-refractivity contribution in [2.75, 3.05) is 13.1 Å². The van der Waals surface area contributed by atoms with E-state index in [1.54, 1.807) is 41.4 Å². The summed E-state index contributed by atoms with van der Waals surface area (Å²) in [7, 11) is -3.66. The van der Waals surface area contributed by atoms with Crippen LogP contribution in [0.4, 0.5) is 0 Å². The van der Waals surface area contributed by atoms with Crippen molar-refractivity contribution in [3.8, 4) is 0 Å². The Balaban J connectivity index is 1.25. The molecule has 35 heavy (non-hydrogen) atoms. The van der Waals surface area contributed by atoms with Gasteiger partial charge in [0.2, 0.25) is 9.84 Å².